The van der Waals surface area contributed by atoms with Crippen molar-refractivity contribution in [3.63, 3.8) is 0 Å². The van der Waals surface area contributed by atoms with Crippen LogP contribution in [0.2, 0.25) is 0 Å². The van der Waals surface area contributed by atoms with Gasteiger partial charge in [0.25, 0.3) is 5.91 Å². The van der Waals surface area contributed by atoms with Gasteiger partial charge in [0.2, 0.25) is 5.91 Å². The van der Waals surface area contributed by atoms with Crippen LogP contribution in [0.1, 0.15) is 31.1 Å². The number of hydrogen-bond donors (Lipinski definition) is 3. The van der Waals surface area contributed by atoms with E-state index in [-0.39, 0.29) is 17.3 Å². The van der Waals surface area contributed by atoms with Gasteiger partial charge in [0, 0.05) is 13.1 Å². The Kier molecular flexibility index (Phi) is 5.11. The van der Waals surface area contributed by atoms with Crippen molar-refractivity contribution in [3.05, 3.63) is 5.56 Å². The summed E-state index contributed by atoms with van der Waals surface area (Å²) in [6.07, 6.45) is 0. The molecule has 0 radical (unpaired) electrons. The molecule has 5 N–H and O–H groups in total. The van der Waals surface area contributed by atoms with Crippen molar-refractivity contribution in [2.24, 2.45) is 5.73 Å². The summed E-state index contributed by atoms with van der Waals surface area (Å²) in [5.41, 5.74) is 10.9. The second-order valence-electron chi connectivity index (χ2n) is 4.01. The van der Waals surface area contributed by atoms with E-state index in [0.29, 0.717) is 18.1 Å². The molecule has 0 aliphatic carbocycles. The molecule has 0 aliphatic heterocycles. The number of primary amides is 1. The van der Waals surface area contributed by atoms with E-state index in [1.54, 1.807) is 11.8 Å². The molecule has 0 bridgehead atoms. The number of carbonyl (C=O) groups excluding carboxylic acids is 2. The van der Waals surface area contributed by atoms with E-state index in [1.165, 1.54) is 0 Å². The number of nitrogen functional groups attached to an aromatic ring is 1. The SMILES string of the molecule is CCN(CC)C(=O)C(C)Nc1snc(N)c1C(N)=O. The summed E-state index contributed by atoms with van der Waals surface area (Å²) in [4.78, 5) is 25.1. The van der Waals surface area contributed by atoms with E-state index in [9.17, 15) is 9.59 Å². The molecule has 1 aromatic rings. The number of hydrogen-bond acceptors (Lipinski definition) is 6. The highest BCUT2D eigenvalue weighted by atomic mass is 32.1. The molecular formula is C11H19N5O2S. The van der Waals surface area contributed by atoms with Crippen LogP contribution in [-0.4, -0.2) is 40.2 Å². The summed E-state index contributed by atoms with van der Waals surface area (Å²) in [5, 5.41) is 3.37. The van der Waals surface area contributed by atoms with Crippen LogP contribution in [0.3, 0.4) is 0 Å². The molecule has 0 fully saturated rings. The summed E-state index contributed by atoms with van der Waals surface area (Å²) in [6.45, 7) is 6.81. The molecule has 7 nitrogen and oxygen atoms in total. The second kappa shape index (κ2) is 6.37. The molecule has 8 heteroatoms. The maximum absolute atomic E-state index is 12.1. The van der Waals surface area contributed by atoms with Crippen molar-refractivity contribution in [2.45, 2.75) is 26.8 Å². The number of rotatable bonds is 6. The van der Waals surface area contributed by atoms with Crippen molar-refractivity contribution in [1.29, 1.82) is 0 Å². The lowest BCUT2D eigenvalue weighted by Gasteiger charge is -2.23. The quantitative estimate of drug-likeness (QED) is 0.704. The highest BCUT2D eigenvalue weighted by Gasteiger charge is 2.22. The Morgan fingerprint density at radius 3 is 2.47 bits per heavy atom. The Morgan fingerprint density at radius 1 is 1.42 bits per heavy atom. The predicted octanol–water partition coefficient (Wildman–Crippen LogP) is 0.493. The number of likely N-dealkylation sites (N-methyl/N-ethyl adjacent to an activating group) is 1. The number of nitrogens with one attached hydrogen (secondary N) is 1. The van der Waals surface area contributed by atoms with Crippen LogP contribution >= 0.6 is 11.5 Å². The first-order valence-electron chi connectivity index (χ1n) is 6.02. The summed E-state index contributed by atoms with van der Waals surface area (Å²) in [6, 6.07) is -0.474. The van der Waals surface area contributed by atoms with Crippen LogP contribution in [0.15, 0.2) is 0 Å². The summed E-state index contributed by atoms with van der Waals surface area (Å²) in [5.74, 6) is -0.619. The van der Waals surface area contributed by atoms with Gasteiger partial charge in [0.15, 0.2) is 5.82 Å². The van der Waals surface area contributed by atoms with Gasteiger partial charge < -0.3 is 21.7 Å². The highest BCUT2D eigenvalue weighted by molar-refractivity contribution is 7.11. The van der Waals surface area contributed by atoms with Gasteiger partial charge >= 0.3 is 0 Å². The molecular weight excluding hydrogens is 266 g/mol. The van der Waals surface area contributed by atoms with Gasteiger partial charge in [0.05, 0.1) is 0 Å². The zero-order chi connectivity index (χ0) is 14.6. The predicted molar refractivity (Wildman–Crippen MR) is 76.1 cm³/mol. The van der Waals surface area contributed by atoms with Crippen LogP contribution in [0, 0.1) is 0 Å². The van der Waals surface area contributed by atoms with Crippen LogP contribution in [0.5, 0.6) is 0 Å². The molecule has 1 aromatic heterocycles. The van der Waals surface area contributed by atoms with Gasteiger partial charge in [-0.25, -0.2) is 0 Å². The molecule has 0 spiro atoms. The Bertz CT molecular complexity index is 470. The van der Waals surface area contributed by atoms with Crippen molar-refractivity contribution in [1.82, 2.24) is 9.27 Å². The third kappa shape index (κ3) is 3.34. The van der Waals surface area contributed by atoms with Crippen LogP contribution in [0.25, 0.3) is 0 Å². The van der Waals surface area contributed by atoms with E-state index in [0.717, 1.165) is 11.5 Å². The third-order valence-corrected chi connectivity index (χ3v) is 3.55. The van der Waals surface area contributed by atoms with Crippen LogP contribution in [0.4, 0.5) is 10.8 Å². The Balaban J connectivity index is 2.85. The zero-order valence-electron chi connectivity index (χ0n) is 11.3. The Morgan fingerprint density at radius 2 is 2.00 bits per heavy atom. The standard InChI is InChI=1S/C11H19N5O2S/c1-4-16(5-2)11(18)6(3)14-10-7(9(13)17)8(12)15-19-10/h6,14H,4-5H2,1-3H3,(H2,12,15)(H2,13,17). The molecule has 0 saturated carbocycles. The summed E-state index contributed by atoms with van der Waals surface area (Å²) >= 11 is 1.02. The fraction of sp³-hybridized carbons (Fsp3) is 0.545. The second-order valence-corrected chi connectivity index (χ2v) is 4.79. The zero-order valence-corrected chi connectivity index (χ0v) is 12.1. The first-order valence-corrected chi connectivity index (χ1v) is 6.79. The van der Waals surface area contributed by atoms with E-state index >= 15 is 0 Å². The molecule has 2 amide bonds. The van der Waals surface area contributed by atoms with E-state index in [2.05, 4.69) is 9.69 Å². The molecule has 0 aliphatic rings. The van der Waals surface area contributed by atoms with Crippen molar-refractivity contribution in [3.8, 4) is 0 Å². The first-order chi connectivity index (χ1) is 8.92. The largest absolute Gasteiger partial charge is 0.382 e. The van der Waals surface area contributed by atoms with Crippen molar-refractivity contribution in [2.75, 3.05) is 24.1 Å². The number of carbonyl (C=O) groups is 2. The van der Waals surface area contributed by atoms with Gasteiger partial charge in [-0.15, -0.1) is 0 Å². The lowest BCUT2D eigenvalue weighted by molar-refractivity contribution is -0.131. The Labute approximate surface area is 116 Å². The maximum Gasteiger partial charge on any atom is 0.255 e. The van der Waals surface area contributed by atoms with Gasteiger partial charge in [-0.1, -0.05) is 0 Å². The molecule has 1 atom stereocenters. The molecule has 106 valence electrons. The number of anilines is 2. The Hall–Kier alpha value is -1.83. The molecule has 0 aromatic carbocycles. The smallest absolute Gasteiger partial charge is 0.255 e. The van der Waals surface area contributed by atoms with Crippen molar-refractivity contribution >= 4 is 34.2 Å². The molecule has 1 rings (SSSR count). The number of amides is 2. The monoisotopic (exact) mass is 285 g/mol. The average molecular weight is 285 g/mol. The normalized spacial score (nSPS) is 11.9. The average Bonchev–Trinajstić information content (AvgIpc) is 2.71. The fourth-order valence-corrected chi connectivity index (χ4v) is 2.51. The minimum Gasteiger partial charge on any atom is -0.382 e. The first kappa shape index (κ1) is 15.2. The highest BCUT2D eigenvalue weighted by Crippen LogP contribution is 2.26. The number of nitrogens with two attached hydrogens (primary N) is 2. The van der Waals surface area contributed by atoms with Crippen molar-refractivity contribution < 1.29 is 9.59 Å². The van der Waals surface area contributed by atoms with Gasteiger partial charge in [-0.05, 0) is 32.3 Å². The van der Waals surface area contributed by atoms with E-state index in [1.807, 2.05) is 13.8 Å². The van der Waals surface area contributed by atoms with Crippen LogP contribution < -0.4 is 16.8 Å². The lowest BCUT2D eigenvalue weighted by Crippen LogP contribution is -2.41. The molecule has 1 unspecified atom stereocenters. The number of nitrogens with zero attached hydrogens (tertiary/aromatic N) is 2. The van der Waals surface area contributed by atoms with Gasteiger partial charge in [-0.2, -0.15) is 4.37 Å². The fourth-order valence-electron chi connectivity index (χ4n) is 1.71. The number of aromatic nitrogens is 1. The van der Waals surface area contributed by atoms with Crippen LogP contribution in [-0.2, 0) is 4.79 Å². The molecule has 0 saturated heterocycles. The third-order valence-electron chi connectivity index (χ3n) is 2.76. The summed E-state index contributed by atoms with van der Waals surface area (Å²) < 4.78 is 3.87. The van der Waals surface area contributed by atoms with Gasteiger partial charge in [-0.3, -0.25) is 9.59 Å². The minimum atomic E-state index is -0.656. The minimum absolute atomic E-state index is 0.0487. The maximum atomic E-state index is 12.1. The van der Waals surface area contributed by atoms with E-state index in [4.69, 9.17) is 11.5 Å². The lowest BCUT2D eigenvalue weighted by atomic mass is 10.2. The molecule has 1 heterocycles. The summed E-state index contributed by atoms with van der Waals surface area (Å²) in [7, 11) is 0. The molecule has 19 heavy (non-hydrogen) atoms. The topological polar surface area (TPSA) is 114 Å². The van der Waals surface area contributed by atoms with Gasteiger partial charge in [0.1, 0.15) is 16.6 Å². The van der Waals surface area contributed by atoms with E-state index < -0.39 is 11.9 Å².